The number of pyridine rings is 1. The SMILES string of the molecule is CC(C)(C)OC(=O)N[C@H]1Cc2ncc(NC(=O)c3c(Cl)cccc3Cl)cc2N(S(=O)(=O)c2cccc(C(F)(F)F)c2)C1. The highest BCUT2D eigenvalue weighted by Crippen LogP contribution is 2.36. The first-order valence-electron chi connectivity index (χ1n) is 12.4. The number of anilines is 2. The fourth-order valence-electron chi connectivity index (χ4n) is 4.19. The normalized spacial score (nSPS) is 15.5. The molecule has 224 valence electrons. The Kier molecular flexibility index (Phi) is 8.68. The van der Waals surface area contributed by atoms with Crippen LogP contribution in [-0.4, -0.2) is 43.6 Å². The topological polar surface area (TPSA) is 118 Å². The molecule has 2 heterocycles. The molecule has 15 heteroatoms. The Bertz CT molecular complexity index is 1630. The summed E-state index contributed by atoms with van der Waals surface area (Å²) >= 11 is 12.3. The molecule has 0 unspecified atom stereocenters. The van der Waals surface area contributed by atoms with Crippen molar-refractivity contribution in [3.63, 3.8) is 0 Å². The van der Waals surface area contributed by atoms with E-state index in [9.17, 15) is 31.2 Å². The molecule has 2 N–H and O–H groups in total. The number of ether oxygens (including phenoxy) is 1. The molecule has 0 saturated heterocycles. The number of halogens is 5. The molecule has 1 aliphatic heterocycles. The summed E-state index contributed by atoms with van der Waals surface area (Å²) in [6.45, 7) is 4.60. The van der Waals surface area contributed by atoms with Crippen molar-refractivity contribution < 1.29 is 35.9 Å². The van der Waals surface area contributed by atoms with Gasteiger partial charge in [-0.15, -0.1) is 0 Å². The van der Waals surface area contributed by atoms with E-state index in [0.717, 1.165) is 22.5 Å². The van der Waals surface area contributed by atoms with Gasteiger partial charge in [0, 0.05) is 6.42 Å². The lowest BCUT2D eigenvalue weighted by atomic mass is 10.0. The number of sulfonamides is 1. The lowest BCUT2D eigenvalue weighted by Crippen LogP contribution is -2.51. The van der Waals surface area contributed by atoms with E-state index in [2.05, 4.69) is 15.6 Å². The van der Waals surface area contributed by atoms with Crippen LogP contribution in [0.25, 0.3) is 0 Å². The van der Waals surface area contributed by atoms with Crippen LogP contribution in [-0.2, 0) is 27.4 Å². The third kappa shape index (κ3) is 7.08. The Morgan fingerprint density at radius 3 is 2.31 bits per heavy atom. The number of aromatic nitrogens is 1. The molecule has 0 saturated carbocycles. The molecular formula is C27H25Cl2F3N4O5S. The number of hydrogen-bond donors (Lipinski definition) is 2. The Morgan fingerprint density at radius 2 is 1.69 bits per heavy atom. The highest BCUT2D eigenvalue weighted by atomic mass is 35.5. The monoisotopic (exact) mass is 644 g/mol. The molecule has 42 heavy (non-hydrogen) atoms. The van der Waals surface area contributed by atoms with Gasteiger partial charge >= 0.3 is 12.3 Å². The number of rotatable bonds is 5. The Labute approximate surface area is 250 Å². The van der Waals surface area contributed by atoms with Gasteiger partial charge in [0.2, 0.25) is 0 Å². The van der Waals surface area contributed by atoms with Gasteiger partial charge in [-0.25, -0.2) is 13.2 Å². The highest BCUT2D eigenvalue weighted by Gasteiger charge is 2.38. The number of nitrogens with zero attached hydrogens (tertiary/aromatic N) is 2. The molecule has 0 bridgehead atoms. The first kappa shape index (κ1) is 31.4. The molecule has 0 aliphatic carbocycles. The second-order valence-electron chi connectivity index (χ2n) is 10.3. The number of amides is 2. The maximum atomic E-state index is 13.8. The lowest BCUT2D eigenvalue weighted by molar-refractivity contribution is -0.137. The van der Waals surface area contributed by atoms with Crippen LogP contribution in [0.15, 0.2) is 59.6 Å². The van der Waals surface area contributed by atoms with Gasteiger partial charge in [-0.1, -0.05) is 35.3 Å². The van der Waals surface area contributed by atoms with Crippen LogP contribution in [0.1, 0.15) is 42.4 Å². The van der Waals surface area contributed by atoms with E-state index in [1.165, 1.54) is 24.4 Å². The van der Waals surface area contributed by atoms with Crippen molar-refractivity contribution in [2.24, 2.45) is 0 Å². The Hall–Kier alpha value is -3.55. The summed E-state index contributed by atoms with van der Waals surface area (Å²) in [5.41, 5.74) is -1.74. The fraction of sp³-hybridized carbons (Fsp3) is 0.296. The van der Waals surface area contributed by atoms with Crippen LogP contribution in [0, 0.1) is 0 Å². The summed E-state index contributed by atoms with van der Waals surface area (Å²) in [5, 5.41) is 5.33. The lowest BCUT2D eigenvalue weighted by Gasteiger charge is -2.35. The van der Waals surface area contributed by atoms with Gasteiger partial charge in [0.1, 0.15) is 5.60 Å². The molecule has 2 aromatic carbocycles. The van der Waals surface area contributed by atoms with Gasteiger partial charge in [0.15, 0.2) is 0 Å². The van der Waals surface area contributed by atoms with Gasteiger partial charge in [-0.2, -0.15) is 13.2 Å². The minimum Gasteiger partial charge on any atom is -0.444 e. The molecule has 0 fully saturated rings. The quantitative estimate of drug-likeness (QED) is 0.336. The van der Waals surface area contributed by atoms with Crippen molar-refractivity contribution in [2.45, 2.75) is 49.9 Å². The number of alkyl carbamates (subject to hydrolysis) is 1. The molecule has 0 radical (unpaired) electrons. The Balaban J connectivity index is 1.74. The predicted molar refractivity (Wildman–Crippen MR) is 151 cm³/mol. The van der Waals surface area contributed by atoms with Crippen molar-refractivity contribution in [3.8, 4) is 0 Å². The maximum absolute atomic E-state index is 13.8. The summed E-state index contributed by atoms with van der Waals surface area (Å²) in [7, 11) is -4.63. The third-order valence-corrected chi connectivity index (χ3v) is 8.37. The number of carbonyl (C=O) groups excluding carboxylic acids is 2. The van der Waals surface area contributed by atoms with Gasteiger partial charge in [-0.05, 0) is 57.2 Å². The van der Waals surface area contributed by atoms with Crippen LogP contribution in [0.2, 0.25) is 10.0 Å². The molecule has 1 aromatic heterocycles. The second kappa shape index (κ2) is 11.6. The van der Waals surface area contributed by atoms with Crippen molar-refractivity contribution in [2.75, 3.05) is 16.2 Å². The number of hydrogen-bond acceptors (Lipinski definition) is 6. The number of benzene rings is 2. The number of nitrogens with one attached hydrogen (secondary N) is 2. The summed E-state index contributed by atoms with van der Waals surface area (Å²) in [4.78, 5) is 29.1. The van der Waals surface area contributed by atoms with E-state index in [0.29, 0.717) is 6.07 Å². The van der Waals surface area contributed by atoms with Crippen LogP contribution >= 0.6 is 23.2 Å². The zero-order valence-corrected chi connectivity index (χ0v) is 24.7. The largest absolute Gasteiger partial charge is 0.444 e. The van der Waals surface area contributed by atoms with E-state index < -0.39 is 50.3 Å². The van der Waals surface area contributed by atoms with Crippen molar-refractivity contribution in [1.82, 2.24) is 10.3 Å². The summed E-state index contributed by atoms with van der Waals surface area (Å²) in [5.74, 6) is -0.695. The minimum absolute atomic E-state index is 0.00212. The third-order valence-electron chi connectivity index (χ3n) is 5.96. The van der Waals surface area contributed by atoms with E-state index >= 15 is 0 Å². The molecule has 1 atom stereocenters. The van der Waals surface area contributed by atoms with Crippen molar-refractivity contribution in [1.29, 1.82) is 0 Å². The first-order chi connectivity index (χ1) is 19.5. The number of alkyl halides is 3. The number of fused-ring (bicyclic) bond motifs is 1. The summed E-state index contributed by atoms with van der Waals surface area (Å²) in [6, 6.07) is 8.27. The average molecular weight is 645 g/mol. The average Bonchev–Trinajstić information content (AvgIpc) is 2.86. The predicted octanol–water partition coefficient (Wildman–Crippen LogP) is 6.30. The van der Waals surface area contributed by atoms with E-state index in [1.54, 1.807) is 26.8 Å². The number of carbonyl (C=O) groups is 2. The summed E-state index contributed by atoms with van der Waals surface area (Å²) in [6.07, 6.45) is -4.27. The molecule has 3 aromatic rings. The second-order valence-corrected chi connectivity index (χ2v) is 13.0. The van der Waals surface area contributed by atoms with Gasteiger partial charge in [0.05, 0.1) is 61.9 Å². The smallest absolute Gasteiger partial charge is 0.416 e. The zero-order valence-electron chi connectivity index (χ0n) is 22.4. The fourth-order valence-corrected chi connectivity index (χ4v) is 6.33. The van der Waals surface area contributed by atoms with E-state index in [1.807, 2.05) is 0 Å². The molecular weight excluding hydrogens is 620 g/mol. The van der Waals surface area contributed by atoms with Crippen LogP contribution in [0.3, 0.4) is 0 Å². The van der Waals surface area contributed by atoms with Crippen LogP contribution < -0.4 is 14.9 Å². The van der Waals surface area contributed by atoms with E-state index in [-0.39, 0.29) is 45.6 Å². The Morgan fingerprint density at radius 1 is 1.05 bits per heavy atom. The zero-order chi connectivity index (χ0) is 31.0. The maximum Gasteiger partial charge on any atom is 0.416 e. The van der Waals surface area contributed by atoms with Crippen LogP contribution in [0.4, 0.5) is 29.3 Å². The van der Waals surface area contributed by atoms with Gasteiger partial charge in [0.25, 0.3) is 15.9 Å². The molecule has 4 rings (SSSR count). The first-order valence-corrected chi connectivity index (χ1v) is 14.6. The highest BCUT2D eigenvalue weighted by molar-refractivity contribution is 7.92. The molecule has 1 aliphatic rings. The van der Waals surface area contributed by atoms with Crippen LogP contribution in [0.5, 0.6) is 0 Å². The van der Waals surface area contributed by atoms with Crippen molar-refractivity contribution >= 4 is 56.6 Å². The van der Waals surface area contributed by atoms with Gasteiger partial charge < -0.3 is 15.4 Å². The minimum atomic E-state index is -4.79. The molecule has 9 nitrogen and oxygen atoms in total. The van der Waals surface area contributed by atoms with Crippen molar-refractivity contribution in [3.05, 3.63) is 81.6 Å². The van der Waals surface area contributed by atoms with Gasteiger partial charge in [-0.3, -0.25) is 14.1 Å². The standard InChI is InChI=1S/C27H25Cl2F3N4O5S/c1-26(2,3)41-25(38)35-17-11-21-22(12-16(13-33-21)34-24(37)23-19(28)8-5-9-20(23)29)36(14-17)42(39,40)18-7-4-6-15(10-18)27(30,31)32/h4-10,12-13,17H,11,14H2,1-3H3,(H,34,37)(H,35,38)/t17-/m0/s1. The molecule has 2 amide bonds. The van der Waals surface area contributed by atoms with E-state index in [4.69, 9.17) is 27.9 Å². The molecule has 0 spiro atoms. The summed E-state index contributed by atoms with van der Waals surface area (Å²) < 4.78 is 73.9.